The van der Waals surface area contributed by atoms with E-state index in [-0.39, 0.29) is 16.0 Å². The Balaban J connectivity index is 0.000000169. The van der Waals surface area contributed by atoms with Crippen LogP contribution in [0.25, 0.3) is 0 Å². The van der Waals surface area contributed by atoms with Gasteiger partial charge in [-0.2, -0.15) is 0 Å². The average Bonchev–Trinajstić information content (AvgIpc) is 3.14. The van der Waals surface area contributed by atoms with Gasteiger partial charge in [-0.05, 0) is 91.1 Å². The maximum Gasteiger partial charge on any atom is 0.258 e. The van der Waals surface area contributed by atoms with Crippen LogP contribution in [0.4, 0.5) is 11.4 Å². The number of hydrogen-bond acceptors (Lipinski definition) is 10. The molecule has 1 N–H and O–H groups in total. The molecule has 3 aliphatic rings. The number of nitrogens with zero attached hydrogens (tertiary/aromatic N) is 5. The monoisotopic (exact) mass is 686 g/mol. The molecule has 3 aliphatic heterocycles. The van der Waals surface area contributed by atoms with E-state index in [0.717, 1.165) is 18.6 Å². The second kappa shape index (κ2) is 14.7. The normalized spacial score (nSPS) is 20.5. The van der Waals surface area contributed by atoms with Crippen molar-refractivity contribution in [3.05, 3.63) is 60.7 Å². The van der Waals surface area contributed by atoms with E-state index in [1.165, 1.54) is 44.0 Å². The summed E-state index contributed by atoms with van der Waals surface area (Å²) in [7, 11) is 8.88. The molecule has 1 atom stereocenters. The van der Waals surface area contributed by atoms with Crippen LogP contribution in [0.15, 0.2) is 60.7 Å². The minimum atomic E-state index is -0.126. The van der Waals surface area contributed by atoms with E-state index in [2.05, 4.69) is 36.4 Å². The maximum absolute atomic E-state index is 11.9. The zero-order valence-corrected chi connectivity index (χ0v) is 29.3. The average molecular weight is 687 g/mol. The van der Waals surface area contributed by atoms with Crippen molar-refractivity contribution in [2.24, 2.45) is 0 Å². The lowest BCUT2D eigenvalue weighted by atomic mass is 10.2. The summed E-state index contributed by atoms with van der Waals surface area (Å²) in [6, 6.07) is 19.8. The fraction of sp³-hybridized carbons (Fsp3) is 0.320. The van der Waals surface area contributed by atoms with E-state index in [9.17, 15) is 4.79 Å². The Bertz CT molecular complexity index is 1230. The molecule has 7 nitrogen and oxygen atoms in total. The van der Waals surface area contributed by atoms with Gasteiger partial charge in [0.05, 0.1) is 16.6 Å². The first-order valence-electron chi connectivity index (χ1n) is 11.9. The van der Waals surface area contributed by atoms with E-state index < -0.39 is 0 Å². The second-order valence-electron chi connectivity index (χ2n) is 8.90. The lowest BCUT2D eigenvalue weighted by Gasteiger charge is -2.35. The van der Waals surface area contributed by atoms with E-state index in [1.807, 2.05) is 91.6 Å². The molecule has 2 aromatic carbocycles. The third-order valence-electron chi connectivity index (χ3n) is 5.64. The van der Waals surface area contributed by atoms with Crippen LogP contribution in [0.3, 0.4) is 0 Å². The third-order valence-corrected chi connectivity index (χ3v) is 12.3. The molecular weight excluding hydrogens is 657 g/mol. The van der Waals surface area contributed by atoms with Crippen molar-refractivity contribution in [1.82, 2.24) is 20.5 Å². The molecule has 0 aromatic heterocycles. The van der Waals surface area contributed by atoms with Gasteiger partial charge in [-0.3, -0.25) is 30.3 Å². The Hall–Kier alpha value is -1.33. The molecule has 0 radical (unpaired) electrons. The molecule has 0 spiro atoms. The van der Waals surface area contributed by atoms with Crippen LogP contribution < -0.4 is 15.4 Å². The summed E-state index contributed by atoms with van der Waals surface area (Å²) < 4.78 is 3.25. The summed E-state index contributed by atoms with van der Waals surface area (Å²) in [5, 5.41) is 9.36. The number of hydrazine groups is 3. The molecular formula is C25H30N6OS8. The summed E-state index contributed by atoms with van der Waals surface area (Å²) in [5.74, 6) is 0.0276. The van der Waals surface area contributed by atoms with Crippen molar-refractivity contribution >= 4 is 129 Å². The second-order valence-corrected chi connectivity index (χ2v) is 16.5. The highest BCUT2D eigenvalue weighted by Crippen LogP contribution is 2.42. The number of benzene rings is 2. The number of thiocarbonyl (C=S) groups is 4. The van der Waals surface area contributed by atoms with Gasteiger partial charge in [0.2, 0.25) is 0 Å². The van der Waals surface area contributed by atoms with Crippen LogP contribution in [0, 0.1) is 0 Å². The van der Waals surface area contributed by atoms with Gasteiger partial charge >= 0.3 is 0 Å². The zero-order chi connectivity index (χ0) is 29.6. The number of carbonyl (C=O) groups excluding carboxylic acids is 1. The van der Waals surface area contributed by atoms with Gasteiger partial charge < -0.3 is 0 Å². The lowest BCUT2D eigenvalue weighted by Crippen LogP contribution is -2.52. The molecule has 3 saturated heterocycles. The molecule has 0 saturated carbocycles. The number of para-hydroxylation sites is 2. The van der Waals surface area contributed by atoms with Crippen molar-refractivity contribution < 1.29 is 4.79 Å². The predicted octanol–water partition coefficient (Wildman–Crippen LogP) is 6.78. The minimum Gasteiger partial charge on any atom is -0.275 e. The quantitative estimate of drug-likeness (QED) is 0.267. The van der Waals surface area contributed by atoms with Crippen LogP contribution in [0.1, 0.15) is 20.8 Å². The highest BCUT2D eigenvalue weighted by Gasteiger charge is 2.40. The fourth-order valence-corrected chi connectivity index (χ4v) is 8.96. The molecule has 15 heteroatoms. The van der Waals surface area contributed by atoms with E-state index in [1.54, 1.807) is 11.8 Å². The Morgan fingerprint density at radius 2 is 1.23 bits per heavy atom. The number of carbonyl (C=O) groups is 1. The first-order valence-corrected chi connectivity index (χ1v) is 17.4. The Kier molecular flexibility index (Phi) is 12.2. The molecule has 1 unspecified atom stereocenters. The fourth-order valence-electron chi connectivity index (χ4n) is 3.58. The van der Waals surface area contributed by atoms with Crippen LogP contribution in [-0.4, -0.2) is 69.5 Å². The van der Waals surface area contributed by atoms with Crippen molar-refractivity contribution in [1.29, 1.82) is 0 Å². The van der Waals surface area contributed by atoms with E-state index in [0.29, 0.717) is 4.32 Å². The molecule has 40 heavy (non-hydrogen) atoms. The van der Waals surface area contributed by atoms with Gasteiger partial charge in [0.25, 0.3) is 5.91 Å². The summed E-state index contributed by atoms with van der Waals surface area (Å²) in [6.45, 7) is 6.22. The highest BCUT2D eigenvalue weighted by atomic mass is 33.1. The summed E-state index contributed by atoms with van der Waals surface area (Å²) in [5.41, 5.74) is 4.89. The van der Waals surface area contributed by atoms with Crippen molar-refractivity contribution in [2.75, 3.05) is 31.2 Å². The first-order chi connectivity index (χ1) is 18.8. The Labute approximate surface area is 274 Å². The number of anilines is 2. The molecule has 2 aromatic rings. The van der Waals surface area contributed by atoms with Gasteiger partial charge in [0.15, 0.2) is 17.3 Å². The van der Waals surface area contributed by atoms with E-state index >= 15 is 0 Å². The topological polar surface area (TPSA) is 45.3 Å². The van der Waals surface area contributed by atoms with Crippen molar-refractivity contribution in [2.45, 2.75) is 30.9 Å². The summed E-state index contributed by atoms with van der Waals surface area (Å²) in [4.78, 5) is 11.8. The third kappa shape index (κ3) is 8.37. The summed E-state index contributed by atoms with van der Waals surface area (Å²) >= 11 is 23.5. The highest BCUT2D eigenvalue weighted by molar-refractivity contribution is 8.89. The molecule has 0 bridgehead atoms. The number of nitrogens with one attached hydrogen (secondary N) is 1. The standard InChI is InChI=1S/C11H14N2S2.C10H10N2OS2.C4H6N2S4/c1-11(2)13(12(3)10(14)15-11)9-7-5-4-6-8-9;1-7-9(13)12(11-10(14)15-7)8-5-3-2-4-6-8;1-5-3(7)9-10-4(8)6(5)2/h4-8H,1-3H3;2-7H,1H3,(H,11,14);1-2H3. The van der Waals surface area contributed by atoms with Crippen molar-refractivity contribution in [3.63, 3.8) is 0 Å². The predicted molar refractivity (Wildman–Crippen MR) is 194 cm³/mol. The summed E-state index contributed by atoms with van der Waals surface area (Å²) in [6.07, 6.45) is 0. The number of thioether (sulfide) groups is 2. The van der Waals surface area contributed by atoms with Crippen LogP contribution in [-0.2, 0) is 4.79 Å². The van der Waals surface area contributed by atoms with Gasteiger partial charge in [-0.15, -0.1) is 0 Å². The molecule has 1 amide bonds. The Morgan fingerprint density at radius 3 is 1.68 bits per heavy atom. The zero-order valence-electron chi connectivity index (χ0n) is 22.8. The minimum absolute atomic E-state index is 0.00676. The number of amides is 1. The largest absolute Gasteiger partial charge is 0.275 e. The molecule has 5 rings (SSSR count). The molecule has 3 fully saturated rings. The molecule has 0 aliphatic carbocycles. The van der Waals surface area contributed by atoms with E-state index in [4.69, 9.17) is 48.9 Å². The number of hydrogen-bond donors (Lipinski definition) is 1. The van der Waals surface area contributed by atoms with Gasteiger partial charge in [-0.1, -0.05) is 84.4 Å². The molecule has 214 valence electrons. The lowest BCUT2D eigenvalue weighted by molar-refractivity contribution is -0.118. The van der Waals surface area contributed by atoms with Crippen molar-refractivity contribution in [3.8, 4) is 0 Å². The number of rotatable bonds is 2. The Morgan fingerprint density at radius 1 is 0.750 bits per heavy atom. The first kappa shape index (κ1) is 33.2. The van der Waals surface area contributed by atoms with Crippen LogP contribution in [0.5, 0.6) is 0 Å². The smallest absolute Gasteiger partial charge is 0.258 e. The van der Waals surface area contributed by atoms with Crippen LogP contribution in [0.2, 0.25) is 0 Å². The van der Waals surface area contributed by atoms with Gasteiger partial charge in [0.1, 0.15) is 4.87 Å². The van der Waals surface area contributed by atoms with Crippen LogP contribution >= 0.6 is 94.0 Å². The molecule has 3 heterocycles. The SMILES string of the molecule is CC1SC(=S)NN(c2ccccc2)C1=O.CN1C(=S)SC(C)(C)N1c1ccccc1.CN1C(=S)SSC(=S)N1C. The van der Waals surface area contributed by atoms with Gasteiger partial charge in [0, 0.05) is 21.1 Å². The maximum atomic E-state index is 11.9. The van der Waals surface area contributed by atoms with Gasteiger partial charge in [-0.25, -0.2) is 5.01 Å².